The molecule has 3 aromatic rings. The van der Waals surface area contributed by atoms with Crippen molar-refractivity contribution in [2.24, 2.45) is 0 Å². The minimum Gasteiger partial charge on any atom is -0.510 e. The number of aliphatic hydroxyl groups excluding tert-OH is 1. The summed E-state index contributed by atoms with van der Waals surface area (Å²) in [7, 11) is 0. The number of nitrogens with one attached hydrogen (secondary N) is 1. The molecule has 0 bridgehead atoms. The van der Waals surface area contributed by atoms with Gasteiger partial charge in [0, 0.05) is 10.9 Å². The van der Waals surface area contributed by atoms with E-state index in [9.17, 15) is 5.11 Å². The van der Waals surface area contributed by atoms with Gasteiger partial charge in [-0.2, -0.15) is 0 Å². The smallest absolute Gasteiger partial charge is 0.135 e. The number of aromatic nitrogens is 1. The van der Waals surface area contributed by atoms with E-state index < -0.39 is 0 Å². The van der Waals surface area contributed by atoms with Gasteiger partial charge in [-0.05, 0) is 12.5 Å². The van der Waals surface area contributed by atoms with Crippen molar-refractivity contribution in [3.05, 3.63) is 82.4 Å². The van der Waals surface area contributed by atoms with Crippen LogP contribution in [-0.2, 0) is 0 Å². The highest BCUT2D eigenvalue weighted by Crippen LogP contribution is 2.35. The van der Waals surface area contributed by atoms with Gasteiger partial charge in [-0.1, -0.05) is 60.7 Å². The van der Waals surface area contributed by atoms with E-state index in [1.54, 1.807) is 0 Å². The Labute approximate surface area is 156 Å². The summed E-state index contributed by atoms with van der Waals surface area (Å²) in [6.07, 6.45) is 0. The molecule has 130 valence electrons. The molecular formula is C21H19N3OS. The summed E-state index contributed by atoms with van der Waals surface area (Å²) < 4.78 is 0. The zero-order valence-electron chi connectivity index (χ0n) is 14.4. The first-order chi connectivity index (χ1) is 12.6. The molecule has 0 spiro atoms. The normalized spacial score (nSPS) is 15.6. The van der Waals surface area contributed by atoms with Crippen LogP contribution in [0.3, 0.4) is 0 Å². The SMILES string of the molecule is CC(c1ccccc1)N1CC(O)=C(c2nc(-c3ccccc3)cs2)C1=N. The fourth-order valence-electron chi connectivity index (χ4n) is 3.20. The monoisotopic (exact) mass is 361 g/mol. The minimum atomic E-state index is 0.0110. The van der Waals surface area contributed by atoms with Gasteiger partial charge in [0.1, 0.15) is 16.6 Å². The fraction of sp³-hybridized carbons (Fsp3) is 0.143. The van der Waals surface area contributed by atoms with E-state index in [1.807, 2.05) is 70.9 Å². The fourth-order valence-corrected chi connectivity index (χ4v) is 4.09. The van der Waals surface area contributed by atoms with E-state index in [4.69, 9.17) is 5.41 Å². The number of amidine groups is 1. The molecule has 4 nitrogen and oxygen atoms in total. The van der Waals surface area contributed by atoms with Crippen molar-refractivity contribution in [2.75, 3.05) is 6.54 Å². The van der Waals surface area contributed by atoms with Crippen LogP contribution in [0.1, 0.15) is 23.5 Å². The second-order valence-electron chi connectivity index (χ2n) is 6.29. The number of rotatable bonds is 4. The first-order valence-corrected chi connectivity index (χ1v) is 9.37. The van der Waals surface area contributed by atoms with Gasteiger partial charge in [-0.15, -0.1) is 11.3 Å². The topological polar surface area (TPSA) is 60.2 Å². The van der Waals surface area contributed by atoms with E-state index >= 15 is 0 Å². The third-order valence-corrected chi connectivity index (χ3v) is 5.53. The molecule has 0 radical (unpaired) electrons. The van der Waals surface area contributed by atoms with Gasteiger partial charge in [0.25, 0.3) is 0 Å². The molecular weight excluding hydrogens is 342 g/mol. The maximum absolute atomic E-state index is 10.5. The molecule has 0 aliphatic carbocycles. The van der Waals surface area contributed by atoms with Gasteiger partial charge >= 0.3 is 0 Å². The minimum absolute atomic E-state index is 0.0110. The number of hydrogen-bond donors (Lipinski definition) is 2. The van der Waals surface area contributed by atoms with Crippen LogP contribution in [0, 0.1) is 5.41 Å². The standard InChI is InChI=1S/C21H19N3OS/c1-14(15-8-4-2-5-9-15)24-12-18(25)19(20(24)22)21-23-17(13-26-21)16-10-6-3-7-11-16/h2-11,13-14,22,25H,12H2,1H3. The summed E-state index contributed by atoms with van der Waals surface area (Å²) in [6, 6.07) is 20.0. The maximum Gasteiger partial charge on any atom is 0.135 e. The molecule has 0 saturated carbocycles. The summed E-state index contributed by atoms with van der Waals surface area (Å²) >= 11 is 1.46. The summed E-state index contributed by atoms with van der Waals surface area (Å²) in [5.74, 6) is 0.541. The predicted octanol–water partition coefficient (Wildman–Crippen LogP) is 5.13. The average Bonchev–Trinajstić information content (AvgIpc) is 3.27. The van der Waals surface area contributed by atoms with E-state index in [0.29, 0.717) is 23.0 Å². The van der Waals surface area contributed by atoms with Crippen LogP contribution < -0.4 is 0 Å². The lowest BCUT2D eigenvalue weighted by Gasteiger charge is -2.26. The molecule has 4 rings (SSSR count). The second kappa shape index (κ2) is 6.77. The molecule has 2 N–H and O–H groups in total. The van der Waals surface area contributed by atoms with Crippen LogP contribution in [0.15, 0.2) is 71.8 Å². The van der Waals surface area contributed by atoms with E-state index in [1.165, 1.54) is 11.3 Å². The lowest BCUT2D eigenvalue weighted by molar-refractivity contribution is 0.310. The zero-order chi connectivity index (χ0) is 18.1. The van der Waals surface area contributed by atoms with E-state index in [0.717, 1.165) is 16.8 Å². The van der Waals surface area contributed by atoms with Gasteiger partial charge in [-0.3, -0.25) is 5.41 Å². The van der Waals surface area contributed by atoms with Crippen LogP contribution in [0.25, 0.3) is 16.8 Å². The molecule has 0 saturated heterocycles. The Morgan fingerprint density at radius 2 is 1.73 bits per heavy atom. The second-order valence-corrected chi connectivity index (χ2v) is 7.15. The lowest BCUT2D eigenvalue weighted by atomic mass is 10.1. The lowest BCUT2D eigenvalue weighted by Crippen LogP contribution is -2.29. The predicted molar refractivity (Wildman–Crippen MR) is 106 cm³/mol. The van der Waals surface area contributed by atoms with Crippen LogP contribution in [0.2, 0.25) is 0 Å². The van der Waals surface area contributed by atoms with Crippen molar-refractivity contribution in [1.82, 2.24) is 9.88 Å². The number of aliphatic hydroxyl groups is 1. The first-order valence-electron chi connectivity index (χ1n) is 8.49. The van der Waals surface area contributed by atoms with Crippen LogP contribution in [0.4, 0.5) is 0 Å². The van der Waals surface area contributed by atoms with Crippen LogP contribution >= 0.6 is 11.3 Å². The van der Waals surface area contributed by atoms with Crippen molar-refractivity contribution < 1.29 is 5.11 Å². The van der Waals surface area contributed by atoms with Crippen molar-refractivity contribution in [3.8, 4) is 11.3 Å². The van der Waals surface area contributed by atoms with Gasteiger partial charge in [-0.25, -0.2) is 4.98 Å². The van der Waals surface area contributed by atoms with Crippen LogP contribution in [0.5, 0.6) is 0 Å². The van der Waals surface area contributed by atoms with E-state index in [2.05, 4.69) is 11.9 Å². The highest BCUT2D eigenvalue weighted by Gasteiger charge is 2.33. The van der Waals surface area contributed by atoms with Crippen LogP contribution in [-0.4, -0.2) is 27.4 Å². The van der Waals surface area contributed by atoms with Crippen molar-refractivity contribution in [2.45, 2.75) is 13.0 Å². The first kappa shape index (κ1) is 16.5. The third kappa shape index (κ3) is 2.91. The Balaban J connectivity index is 1.61. The molecule has 1 unspecified atom stereocenters. The Morgan fingerprint density at radius 1 is 1.08 bits per heavy atom. The molecule has 5 heteroatoms. The summed E-state index contributed by atoms with van der Waals surface area (Å²) in [5, 5.41) is 21.8. The molecule has 0 fully saturated rings. The zero-order valence-corrected chi connectivity index (χ0v) is 15.2. The molecule has 1 aliphatic heterocycles. The molecule has 1 aromatic heterocycles. The Hall–Kier alpha value is -2.92. The molecule has 1 atom stereocenters. The van der Waals surface area contributed by atoms with Gasteiger partial charge in [0.05, 0.1) is 23.9 Å². The molecule has 0 amide bonds. The van der Waals surface area contributed by atoms with Crippen molar-refractivity contribution in [1.29, 1.82) is 5.41 Å². The summed E-state index contributed by atoms with van der Waals surface area (Å²) in [5.41, 5.74) is 3.57. The number of hydrogen-bond acceptors (Lipinski definition) is 4. The molecule has 2 aromatic carbocycles. The number of nitrogens with zero attached hydrogens (tertiary/aromatic N) is 2. The highest BCUT2D eigenvalue weighted by atomic mass is 32.1. The van der Waals surface area contributed by atoms with Crippen molar-refractivity contribution >= 4 is 22.7 Å². The number of thiazole rings is 1. The van der Waals surface area contributed by atoms with Gasteiger partial charge in [0.2, 0.25) is 0 Å². The Kier molecular flexibility index (Phi) is 4.31. The Morgan fingerprint density at radius 3 is 2.42 bits per heavy atom. The third-order valence-electron chi connectivity index (χ3n) is 4.67. The molecule has 26 heavy (non-hydrogen) atoms. The summed E-state index contributed by atoms with van der Waals surface area (Å²) in [6.45, 7) is 2.39. The molecule has 1 aliphatic rings. The van der Waals surface area contributed by atoms with Crippen molar-refractivity contribution in [3.63, 3.8) is 0 Å². The highest BCUT2D eigenvalue weighted by molar-refractivity contribution is 7.11. The maximum atomic E-state index is 10.5. The quantitative estimate of drug-likeness (QED) is 0.677. The Bertz CT molecular complexity index is 963. The largest absolute Gasteiger partial charge is 0.510 e. The molecule has 2 heterocycles. The van der Waals surface area contributed by atoms with E-state index in [-0.39, 0.29) is 11.8 Å². The average molecular weight is 361 g/mol. The van der Waals surface area contributed by atoms with Gasteiger partial charge in [0.15, 0.2) is 0 Å². The van der Waals surface area contributed by atoms with Gasteiger partial charge < -0.3 is 10.0 Å². The number of benzene rings is 2. The summed E-state index contributed by atoms with van der Waals surface area (Å²) in [4.78, 5) is 6.57.